The second-order valence-electron chi connectivity index (χ2n) is 4.52. The first-order valence-corrected chi connectivity index (χ1v) is 6.01. The molecule has 0 bridgehead atoms. The number of nitrogens with two attached hydrogens (primary N) is 1. The van der Waals surface area contributed by atoms with Gasteiger partial charge >= 0.3 is 5.97 Å². The monoisotopic (exact) mass is 268 g/mol. The molecule has 3 aromatic rings. The van der Waals surface area contributed by atoms with E-state index >= 15 is 0 Å². The van der Waals surface area contributed by atoms with Gasteiger partial charge in [0.05, 0.1) is 5.69 Å². The normalized spacial score (nSPS) is 10.8. The van der Waals surface area contributed by atoms with E-state index in [2.05, 4.69) is 10.1 Å². The minimum atomic E-state index is -1.13. The number of carbonyl (C=O) groups is 1. The van der Waals surface area contributed by atoms with Crippen molar-refractivity contribution in [1.29, 1.82) is 0 Å². The van der Waals surface area contributed by atoms with Crippen LogP contribution in [0.2, 0.25) is 0 Å². The molecule has 6 heteroatoms. The number of rotatable bonds is 2. The molecule has 3 rings (SSSR count). The van der Waals surface area contributed by atoms with Crippen LogP contribution in [0.4, 0.5) is 5.82 Å². The summed E-state index contributed by atoms with van der Waals surface area (Å²) < 4.78 is 1.37. The van der Waals surface area contributed by atoms with Crippen LogP contribution in [0, 0.1) is 6.92 Å². The van der Waals surface area contributed by atoms with Crippen molar-refractivity contribution in [3.8, 4) is 11.3 Å². The third kappa shape index (κ3) is 1.87. The topological polar surface area (TPSA) is 93.5 Å². The van der Waals surface area contributed by atoms with Crippen molar-refractivity contribution in [2.24, 2.45) is 0 Å². The molecule has 2 heterocycles. The second kappa shape index (κ2) is 4.34. The van der Waals surface area contributed by atoms with Crippen LogP contribution < -0.4 is 5.73 Å². The summed E-state index contributed by atoms with van der Waals surface area (Å²) in [5.74, 6) is -1.17. The van der Waals surface area contributed by atoms with Crippen LogP contribution in [0.15, 0.2) is 36.5 Å². The highest BCUT2D eigenvalue weighted by atomic mass is 16.4. The number of nitrogen functional groups attached to an aromatic ring is 1. The standard InChI is InChI=1S/C14H12N4O2/c1-8-3-2-4-9(7-8)10-5-6-18-13(16-10)11(14(19)20)12(15)17-18/h2-7H,1H3,(H2,15,17)(H,19,20). The van der Waals surface area contributed by atoms with Crippen molar-refractivity contribution in [3.63, 3.8) is 0 Å². The summed E-state index contributed by atoms with van der Waals surface area (Å²) in [5.41, 5.74) is 8.50. The van der Waals surface area contributed by atoms with Crippen LogP contribution >= 0.6 is 0 Å². The first-order valence-electron chi connectivity index (χ1n) is 6.01. The number of hydrogen-bond donors (Lipinski definition) is 2. The molecule has 0 saturated carbocycles. The van der Waals surface area contributed by atoms with Crippen molar-refractivity contribution in [2.45, 2.75) is 6.92 Å². The molecular formula is C14H12N4O2. The van der Waals surface area contributed by atoms with Crippen molar-refractivity contribution >= 4 is 17.4 Å². The van der Waals surface area contributed by atoms with E-state index in [1.807, 2.05) is 31.2 Å². The van der Waals surface area contributed by atoms with E-state index in [1.54, 1.807) is 12.3 Å². The number of anilines is 1. The first-order chi connectivity index (χ1) is 9.56. The lowest BCUT2D eigenvalue weighted by Gasteiger charge is -2.03. The van der Waals surface area contributed by atoms with Crippen molar-refractivity contribution < 1.29 is 9.90 Å². The molecule has 0 amide bonds. The zero-order chi connectivity index (χ0) is 14.3. The van der Waals surface area contributed by atoms with Crippen molar-refractivity contribution in [1.82, 2.24) is 14.6 Å². The third-order valence-electron chi connectivity index (χ3n) is 3.04. The number of hydrogen-bond acceptors (Lipinski definition) is 4. The van der Waals surface area contributed by atoms with E-state index in [4.69, 9.17) is 5.73 Å². The SMILES string of the molecule is Cc1cccc(-c2ccn3nc(N)c(C(=O)O)c3n2)c1. The number of aryl methyl sites for hydroxylation is 1. The van der Waals surface area contributed by atoms with Gasteiger partial charge in [-0.3, -0.25) is 0 Å². The highest BCUT2D eigenvalue weighted by Gasteiger charge is 2.18. The number of carboxylic acids is 1. The maximum Gasteiger partial charge on any atom is 0.343 e. The van der Waals surface area contributed by atoms with E-state index in [-0.39, 0.29) is 17.0 Å². The van der Waals surface area contributed by atoms with Gasteiger partial charge in [-0.1, -0.05) is 23.8 Å². The maximum atomic E-state index is 11.2. The van der Waals surface area contributed by atoms with E-state index in [0.717, 1.165) is 11.1 Å². The van der Waals surface area contributed by atoms with Crippen LogP contribution in [0.3, 0.4) is 0 Å². The van der Waals surface area contributed by atoms with Gasteiger partial charge < -0.3 is 10.8 Å². The lowest BCUT2D eigenvalue weighted by atomic mass is 10.1. The highest BCUT2D eigenvalue weighted by Crippen LogP contribution is 2.22. The average Bonchev–Trinajstić information content (AvgIpc) is 2.73. The molecule has 0 aliphatic carbocycles. The Morgan fingerprint density at radius 2 is 2.15 bits per heavy atom. The number of carboxylic acid groups (broad SMARTS) is 1. The molecule has 1 aromatic carbocycles. The van der Waals surface area contributed by atoms with Crippen LogP contribution in [0.1, 0.15) is 15.9 Å². The van der Waals surface area contributed by atoms with Crippen molar-refractivity contribution in [3.05, 3.63) is 47.7 Å². The zero-order valence-corrected chi connectivity index (χ0v) is 10.7. The molecule has 3 N–H and O–H groups in total. The van der Waals surface area contributed by atoms with E-state index < -0.39 is 5.97 Å². The number of fused-ring (bicyclic) bond motifs is 1. The number of nitrogens with zero attached hydrogens (tertiary/aromatic N) is 3. The predicted octanol–water partition coefficient (Wildman–Crippen LogP) is 1.99. The van der Waals surface area contributed by atoms with Gasteiger partial charge in [0, 0.05) is 11.8 Å². The van der Waals surface area contributed by atoms with Gasteiger partial charge in [-0.2, -0.15) is 0 Å². The van der Waals surface area contributed by atoms with Crippen LogP contribution in [-0.4, -0.2) is 25.7 Å². The van der Waals surface area contributed by atoms with Gasteiger partial charge in [0.1, 0.15) is 5.56 Å². The fourth-order valence-electron chi connectivity index (χ4n) is 2.12. The number of benzene rings is 1. The first kappa shape index (κ1) is 12.2. The van der Waals surface area contributed by atoms with E-state index in [0.29, 0.717) is 5.69 Å². The number of aromatic nitrogens is 3. The highest BCUT2D eigenvalue weighted by molar-refractivity contribution is 5.99. The lowest BCUT2D eigenvalue weighted by molar-refractivity contribution is 0.0700. The minimum absolute atomic E-state index is 0.0357. The van der Waals surface area contributed by atoms with Gasteiger partial charge in [0.25, 0.3) is 0 Å². The Hall–Kier alpha value is -2.89. The second-order valence-corrected chi connectivity index (χ2v) is 4.52. The Labute approximate surface area is 114 Å². The molecule has 0 aliphatic heterocycles. The lowest BCUT2D eigenvalue weighted by Crippen LogP contribution is -2.01. The summed E-state index contributed by atoms with van der Waals surface area (Å²) in [6.07, 6.45) is 1.66. The summed E-state index contributed by atoms with van der Waals surface area (Å²) in [6, 6.07) is 9.60. The van der Waals surface area contributed by atoms with Gasteiger partial charge in [0.2, 0.25) is 0 Å². The Balaban J connectivity index is 2.24. The van der Waals surface area contributed by atoms with Crippen LogP contribution in [0.5, 0.6) is 0 Å². The van der Waals surface area contributed by atoms with E-state index in [1.165, 1.54) is 4.52 Å². The molecule has 0 unspecified atom stereocenters. The Bertz CT molecular complexity index is 823. The van der Waals surface area contributed by atoms with Gasteiger partial charge in [0.15, 0.2) is 11.5 Å². The molecule has 100 valence electrons. The number of aromatic carboxylic acids is 1. The van der Waals surface area contributed by atoms with Gasteiger partial charge in [-0.15, -0.1) is 5.10 Å². The largest absolute Gasteiger partial charge is 0.477 e. The molecule has 20 heavy (non-hydrogen) atoms. The average molecular weight is 268 g/mol. The maximum absolute atomic E-state index is 11.2. The fraction of sp³-hybridized carbons (Fsp3) is 0.0714. The molecule has 0 aliphatic rings. The minimum Gasteiger partial charge on any atom is -0.477 e. The Morgan fingerprint density at radius 3 is 2.85 bits per heavy atom. The molecule has 0 atom stereocenters. The summed E-state index contributed by atoms with van der Waals surface area (Å²) in [4.78, 5) is 15.6. The van der Waals surface area contributed by atoms with Gasteiger partial charge in [-0.25, -0.2) is 14.3 Å². The summed E-state index contributed by atoms with van der Waals surface area (Å²) in [7, 11) is 0. The molecule has 6 nitrogen and oxygen atoms in total. The summed E-state index contributed by atoms with van der Waals surface area (Å²) >= 11 is 0. The Kier molecular flexibility index (Phi) is 2.64. The van der Waals surface area contributed by atoms with Crippen molar-refractivity contribution in [2.75, 3.05) is 5.73 Å². The summed E-state index contributed by atoms with van der Waals surface area (Å²) in [6.45, 7) is 1.99. The predicted molar refractivity (Wildman–Crippen MR) is 74.5 cm³/mol. The molecule has 0 saturated heterocycles. The summed E-state index contributed by atoms with van der Waals surface area (Å²) in [5, 5.41) is 13.1. The van der Waals surface area contributed by atoms with Gasteiger partial charge in [-0.05, 0) is 19.1 Å². The smallest absolute Gasteiger partial charge is 0.343 e. The van der Waals surface area contributed by atoms with E-state index in [9.17, 15) is 9.90 Å². The third-order valence-corrected chi connectivity index (χ3v) is 3.04. The molecular weight excluding hydrogens is 256 g/mol. The molecule has 0 spiro atoms. The quantitative estimate of drug-likeness (QED) is 0.741. The molecule has 2 aromatic heterocycles. The molecule has 0 radical (unpaired) electrons. The zero-order valence-electron chi connectivity index (χ0n) is 10.7. The van der Waals surface area contributed by atoms with Crippen LogP contribution in [-0.2, 0) is 0 Å². The van der Waals surface area contributed by atoms with Crippen LogP contribution in [0.25, 0.3) is 16.9 Å². The molecule has 0 fully saturated rings. The fourth-order valence-corrected chi connectivity index (χ4v) is 2.12. The Morgan fingerprint density at radius 1 is 1.35 bits per heavy atom.